The monoisotopic (exact) mass is 336 g/mol. The number of hydrogen-bond donors (Lipinski definition) is 1. The molecule has 0 spiro atoms. The van der Waals surface area contributed by atoms with Gasteiger partial charge in [0.15, 0.2) is 12.4 Å². The van der Waals surface area contributed by atoms with E-state index in [0.717, 1.165) is 22.4 Å². The average molecular weight is 336 g/mol. The Morgan fingerprint density at radius 2 is 1.92 bits per heavy atom. The van der Waals surface area contributed by atoms with Gasteiger partial charge in [-0.1, -0.05) is 12.1 Å². The Bertz CT molecular complexity index is 902. The summed E-state index contributed by atoms with van der Waals surface area (Å²) in [4.78, 5) is 16.4. The van der Waals surface area contributed by atoms with Crippen molar-refractivity contribution < 1.29 is 9.53 Å². The van der Waals surface area contributed by atoms with Crippen LogP contribution in [0.2, 0.25) is 0 Å². The number of anilines is 1. The number of nitrogens with zero attached hydrogens (tertiary/aromatic N) is 3. The van der Waals surface area contributed by atoms with Crippen molar-refractivity contribution >= 4 is 11.7 Å². The molecule has 6 nitrogen and oxygen atoms in total. The highest BCUT2D eigenvalue weighted by molar-refractivity contribution is 6.02. The molecular formula is C19H20N4O2. The first-order valence-electron chi connectivity index (χ1n) is 7.99. The number of amides is 1. The topological polar surface area (TPSA) is 69.0 Å². The maximum absolute atomic E-state index is 12.2. The van der Waals surface area contributed by atoms with Crippen molar-refractivity contribution in [1.82, 2.24) is 14.8 Å². The molecule has 0 saturated carbocycles. The lowest BCUT2D eigenvalue weighted by atomic mass is 10.1. The minimum atomic E-state index is -0.302. The summed E-state index contributed by atoms with van der Waals surface area (Å²) in [6.45, 7) is 6.19. The number of hydrogen-bond acceptors (Lipinski definition) is 4. The van der Waals surface area contributed by atoms with Crippen LogP contribution in [0.25, 0.3) is 0 Å². The molecule has 25 heavy (non-hydrogen) atoms. The fourth-order valence-corrected chi connectivity index (χ4v) is 2.34. The summed E-state index contributed by atoms with van der Waals surface area (Å²) in [5.41, 5.74) is 3.53. The van der Waals surface area contributed by atoms with Crippen molar-refractivity contribution in [2.75, 3.05) is 5.32 Å². The van der Waals surface area contributed by atoms with Crippen molar-refractivity contribution in [3.05, 3.63) is 71.2 Å². The lowest BCUT2D eigenvalue weighted by molar-refractivity contribution is 0.102. The number of nitrogens with one attached hydrogen (secondary N) is 1. The quantitative estimate of drug-likeness (QED) is 0.774. The van der Waals surface area contributed by atoms with Gasteiger partial charge in [0.1, 0.15) is 11.6 Å². The highest BCUT2D eigenvalue weighted by atomic mass is 16.5. The van der Waals surface area contributed by atoms with Gasteiger partial charge in [-0.25, -0.2) is 9.67 Å². The first kappa shape index (κ1) is 16.7. The smallest absolute Gasteiger partial charge is 0.277 e. The third kappa shape index (κ3) is 4.23. The Hall–Kier alpha value is -3.15. The molecule has 2 heterocycles. The molecule has 1 amide bonds. The Morgan fingerprint density at radius 1 is 1.12 bits per heavy atom. The Kier molecular flexibility index (Phi) is 4.79. The molecule has 0 aliphatic heterocycles. The van der Waals surface area contributed by atoms with Crippen LogP contribution < -0.4 is 10.1 Å². The zero-order chi connectivity index (χ0) is 17.8. The molecule has 0 aliphatic carbocycles. The lowest BCUT2D eigenvalue weighted by Crippen LogP contribution is -2.15. The molecule has 1 N–H and O–H groups in total. The van der Waals surface area contributed by atoms with Crippen LogP contribution in [-0.4, -0.2) is 20.7 Å². The number of carbonyl (C=O) groups excluding carboxylic acids is 1. The number of pyridine rings is 1. The second-order valence-electron chi connectivity index (χ2n) is 5.96. The molecule has 0 radical (unpaired) electrons. The summed E-state index contributed by atoms with van der Waals surface area (Å²) < 4.78 is 7.37. The lowest BCUT2D eigenvalue weighted by Gasteiger charge is -2.09. The van der Waals surface area contributed by atoms with E-state index < -0.39 is 0 Å². The molecule has 0 saturated heterocycles. The molecule has 0 fully saturated rings. The van der Waals surface area contributed by atoms with Gasteiger partial charge in [-0.15, -0.1) is 0 Å². The van der Waals surface area contributed by atoms with Crippen molar-refractivity contribution in [2.24, 2.45) is 0 Å². The summed E-state index contributed by atoms with van der Waals surface area (Å²) in [6, 6.07) is 11.4. The van der Waals surface area contributed by atoms with Crippen LogP contribution in [0.3, 0.4) is 0 Å². The molecular weight excluding hydrogens is 316 g/mol. The van der Waals surface area contributed by atoms with E-state index in [4.69, 9.17) is 4.74 Å². The fraction of sp³-hybridized carbons (Fsp3) is 0.211. The molecule has 3 aromatic rings. The molecule has 0 aliphatic rings. The third-order valence-electron chi connectivity index (χ3n) is 3.73. The highest BCUT2D eigenvalue weighted by Gasteiger charge is 2.11. The van der Waals surface area contributed by atoms with Crippen molar-refractivity contribution in [3.8, 4) is 5.75 Å². The van der Waals surface area contributed by atoms with Crippen LogP contribution in [-0.2, 0) is 6.73 Å². The van der Waals surface area contributed by atoms with Gasteiger partial charge in [0.25, 0.3) is 5.91 Å². The molecule has 2 aromatic heterocycles. The fourth-order valence-electron chi connectivity index (χ4n) is 2.34. The summed E-state index contributed by atoms with van der Waals surface area (Å²) >= 11 is 0. The summed E-state index contributed by atoms with van der Waals surface area (Å²) in [5, 5.41) is 6.98. The number of ether oxygens (including phenoxy) is 1. The van der Waals surface area contributed by atoms with Crippen molar-refractivity contribution in [1.29, 1.82) is 0 Å². The second-order valence-corrected chi connectivity index (χ2v) is 5.96. The van der Waals surface area contributed by atoms with Crippen LogP contribution in [0.15, 0.2) is 48.8 Å². The Balaban J connectivity index is 1.63. The van der Waals surface area contributed by atoms with E-state index >= 15 is 0 Å². The number of carbonyl (C=O) groups is 1. The van der Waals surface area contributed by atoms with Gasteiger partial charge in [-0.2, -0.15) is 5.10 Å². The first-order chi connectivity index (χ1) is 12.0. The number of benzene rings is 1. The van der Waals surface area contributed by atoms with Crippen molar-refractivity contribution in [3.63, 3.8) is 0 Å². The molecule has 3 rings (SSSR count). The van der Waals surface area contributed by atoms with Crippen molar-refractivity contribution in [2.45, 2.75) is 27.5 Å². The minimum Gasteiger partial charge on any atom is -0.471 e. The molecule has 0 bridgehead atoms. The Labute approximate surface area is 146 Å². The highest BCUT2D eigenvalue weighted by Crippen LogP contribution is 2.19. The predicted octanol–water partition coefficient (Wildman–Crippen LogP) is 3.49. The van der Waals surface area contributed by atoms with Gasteiger partial charge in [-0.05, 0) is 61.7 Å². The van der Waals surface area contributed by atoms with E-state index in [1.54, 1.807) is 29.2 Å². The average Bonchev–Trinajstić information content (AvgIpc) is 3.05. The standard InChI is InChI=1S/C19H20N4O2/c1-13-4-5-15(3)17(10-13)25-12-23-9-7-16(22-23)19(24)21-18-11-14(2)6-8-20-18/h4-11H,12H2,1-3H3,(H,20,21,24). The van der Waals surface area contributed by atoms with E-state index in [9.17, 15) is 4.79 Å². The van der Waals surface area contributed by atoms with E-state index in [2.05, 4.69) is 15.4 Å². The third-order valence-corrected chi connectivity index (χ3v) is 3.73. The number of aryl methyl sites for hydroxylation is 3. The first-order valence-corrected chi connectivity index (χ1v) is 7.99. The van der Waals surface area contributed by atoms with E-state index in [1.165, 1.54) is 0 Å². The summed E-state index contributed by atoms with van der Waals surface area (Å²) in [5.74, 6) is 1.01. The van der Waals surface area contributed by atoms with Gasteiger partial charge in [0.2, 0.25) is 0 Å². The number of aromatic nitrogens is 3. The predicted molar refractivity (Wildman–Crippen MR) is 95.7 cm³/mol. The zero-order valence-electron chi connectivity index (χ0n) is 14.5. The van der Waals surface area contributed by atoms with E-state index in [-0.39, 0.29) is 12.6 Å². The van der Waals surface area contributed by atoms with Crippen LogP contribution in [0.5, 0.6) is 5.75 Å². The van der Waals surface area contributed by atoms with Gasteiger partial charge in [0.05, 0.1) is 0 Å². The molecule has 6 heteroatoms. The molecule has 128 valence electrons. The molecule has 1 aromatic carbocycles. The largest absolute Gasteiger partial charge is 0.471 e. The normalized spacial score (nSPS) is 10.5. The SMILES string of the molecule is Cc1ccnc(NC(=O)c2ccn(COc3cc(C)ccc3C)n2)c1. The van der Waals surface area contributed by atoms with Gasteiger partial charge >= 0.3 is 0 Å². The summed E-state index contributed by atoms with van der Waals surface area (Å²) in [7, 11) is 0. The number of rotatable bonds is 5. The molecule has 0 atom stereocenters. The zero-order valence-corrected chi connectivity index (χ0v) is 14.5. The van der Waals surface area contributed by atoms with Gasteiger partial charge < -0.3 is 10.1 Å². The van der Waals surface area contributed by atoms with Crippen LogP contribution in [0.4, 0.5) is 5.82 Å². The maximum atomic E-state index is 12.2. The van der Waals surface area contributed by atoms with Gasteiger partial charge in [0, 0.05) is 12.4 Å². The summed E-state index contributed by atoms with van der Waals surface area (Å²) in [6.07, 6.45) is 3.37. The van der Waals surface area contributed by atoms with Crippen LogP contribution >= 0.6 is 0 Å². The van der Waals surface area contributed by atoms with Crippen LogP contribution in [0.1, 0.15) is 27.2 Å². The second kappa shape index (κ2) is 7.17. The Morgan fingerprint density at radius 3 is 2.72 bits per heavy atom. The van der Waals surface area contributed by atoms with E-state index in [0.29, 0.717) is 11.5 Å². The maximum Gasteiger partial charge on any atom is 0.277 e. The van der Waals surface area contributed by atoms with Gasteiger partial charge in [-0.3, -0.25) is 4.79 Å². The molecule has 0 unspecified atom stereocenters. The minimum absolute atomic E-state index is 0.236. The van der Waals surface area contributed by atoms with Crippen LogP contribution in [0, 0.1) is 20.8 Å². The van der Waals surface area contributed by atoms with E-state index in [1.807, 2.05) is 45.0 Å².